The fraction of sp³-hybridized carbons (Fsp3) is 0.480. The van der Waals surface area contributed by atoms with Gasteiger partial charge in [-0.15, -0.1) is 0 Å². The first-order valence-corrected chi connectivity index (χ1v) is 12.0. The highest BCUT2D eigenvalue weighted by molar-refractivity contribution is 6.31. The Morgan fingerprint density at radius 3 is 2.30 bits per heavy atom. The lowest BCUT2D eigenvalue weighted by Gasteiger charge is -2.34. The Kier molecular flexibility index (Phi) is 7.50. The highest BCUT2D eigenvalue weighted by atomic mass is 35.5. The minimum atomic E-state index is -0.0396. The molecule has 2 aliphatic heterocycles. The largest absolute Gasteiger partial charge is 0.342 e. The maximum Gasteiger partial charge on any atom is 0.246 e. The van der Waals surface area contributed by atoms with E-state index in [9.17, 15) is 9.59 Å². The average Bonchev–Trinajstić information content (AvgIpc) is 3.43. The predicted molar refractivity (Wildman–Crippen MR) is 130 cm³/mol. The molecule has 0 N–H and O–H groups in total. The highest BCUT2D eigenvalue weighted by Gasteiger charge is 2.24. The Bertz CT molecular complexity index is 1020. The third-order valence-corrected chi connectivity index (χ3v) is 6.86. The fourth-order valence-corrected chi connectivity index (χ4v) is 4.67. The second kappa shape index (κ2) is 10.5. The van der Waals surface area contributed by atoms with Crippen LogP contribution in [0.3, 0.4) is 0 Å². The summed E-state index contributed by atoms with van der Waals surface area (Å²) < 4.78 is 1.77. The van der Waals surface area contributed by atoms with Gasteiger partial charge in [-0.1, -0.05) is 41.4 Å². The lowest BCUT2D eigenvalue weighted by atomic mass is 10.1. The van der Waals surface area contributed by atoms with Gasteiger partial charge in [-0.05, 0) is 38.3 Å². The minimum Gasteiger partial charge on any atom is -0.342 e. The zero-order valence-corrected chi connectivity index (χ0v) is 20.2. The van der Waals surface area contributed by atoms with Crippen molar-refractivity contribution in [3.05, 3.63) is 57.9 Å². The molecule has 0 aliphatic carbocycles. The number of halogens is 1. The third kappa shape index (κ3) is 5.84. The molecule has 0 radical (unpaired) electrons. The first kappa shape index (κ1) is 23.5. The van der Waals surface area contributed by atoms with Crippen LogP contribution in [0, 0.1) is 13.8 Å². The summed E-state index contributed by atoms with van der Waals surface area (Å²) in [5, 5.41) is 5.08. The zero-order chi connectivity index (χ0) is 23.4. The summed E-state index contributed by atoms with van der Waals surface area (Å²) in [7, 11) is 0. The van der Waals surface area contributed by atoms with Gasteiger partial charge in [0.2, 0.25) is 11.8 Å². The second-order valence-electron chi connectivity index (χ2n) is 8.96. The lowest BCUT2D eigenvalue weighted by Crippen LogP contribution is -2.51. The molecule has 2 amide bonds. The van der Waals surface area contributed by atoms with Gasteiger partial charge >= 0.3 is 0 Å². The number of carbonyl (C=O) groups excluding carboxylic acids is 2. The average molecular weight is 470 g/mol. The number of amides is 2. The molecule has 2 fully saturated rings. The molecular formula is C25H32ClN5O2. The van der Waals surface area contributed by atoms with Crippen LogP contribution in [0.25, 0.3) is 6.08 Å². The van der Waals surface area contributed by atoms with E-state index in [0.29, 0.717) is 44.4 Å². The van der Waals surface area contributed by atoms with Gasteiger partial charge in [0.15, 0.2) is 0 Å². The summed E-state index contributed by atoms with van der Waals surface area (Å²) in [6.07, 6.45) is 5.56. The normalized spacial score (nSPS) is 17.3. The van der Waals surface area contributed by atoms with Gasteiger partial charge in [-0.2, -0.15) is 5.10 Å². The molecule has 0 spiro atoms. The molecule has 1 aromatic carbocycles. The van der Waals surface area contributed by atoms with Crippen molar-refractivity contribution in [1.82, 2.24) is 24.5 Å². The molecule has 176 valence electrons. The van der Waals surface area contributed by atoms with E-state index in [1.807, 2.05) is 16.7 Å². The van der Waals surface area contributed by atoms with Crippen LogP contribution in [-0.4, -0.2) is 82.1 Å². The molecule has 2 aliphatic rings. The van der Waals surface area contributed by atoms with Crippen LogP contribution >= 0.6 is 11.6 Å². The van der Waals surface area contributed by atoms with E-state index in [2.05, 4.69) is 41.2 Å². The Labute approximate surface area is 200 Å². The van der Waals surface area contributed by atoms with Crippen molar-refractivity contribution in [1.29, 1.82) is 0 Å². The van der Waals surface area contributed by atoms with Crippen molar-refractivity contribution in [3.8, 4) is 0 Å². The zero-order valence-electron chi connectivity index (χ0n) is 19.5. The van der Waals surface area contributed by atoms with Gasteiger partial charge in [-0.25, -0.2) is 4.68 Å². The molecular weight excluding hydrogens is 438 g/mol. The molecule has 0 unspecified atom stereocenters. The minimum absolute atomic E-state index is 0.0396. The summed E-state index contributed by atoms with van der Waals surface area (Å²) in [5.74, 6) is 0.169. The molecule has 0 atom stereocenters. The monoisotopic (exact) mass is 469 g/mol. The van der Waals surface area contributed by atoms with Crippen molar-refractivity contribution in [2.45, 2.75) is 33.2 Å². The van der Waals surface area contributed by atoms with Crippen LogP contribution in [0.2, 0.25) is 5.15 Å². The summed E-state index contributed by atoms with van der Waals surface area (Å²) in [4.78, 5) is 31.0. The van der Waals surface area contributed by atoms with Crippen LogP contribution in [0.5, 0.6) is 0 Å². The number of aromatic nitrogens is 2. The number of likely N-dealkylation sites (tertiary alicyclic amines) is 1. The van der Waals surface area contributed by atoms with Crippen molar-refractivity contribution >= 4 is 29.5 Å². The Balaban J connectivity index is 1.31. The number of nitrogens with zero attached hydrogens (tertiary/aromatic N) is 5. The van der Waals surface area contributed by atoms with E-state index in [0.717, 1.165) is 42.8 Å². The number of aryl methyl sites for hydroxylation is 2. The van der Waals surface area contributed by atoms with E-state index in [-0.39, 0.29) is 11.8 Å². The molecule has 4 rings (SSSR count). The van der Waals surface area contributed by atoms with Gasteiger partial charge in [-0.3, -0.25) is 14.5 Å². The van der Waals surface area contributed by atoms with Crippen LogP contribution < -0.4 is 0 Å². The molecule has 0 bridgehead atoms. The van der Waals surface area contributed by atoms with Crippen molar-refractivity contribution in [2.24, 2.45) is 0 Å². The summed E-state index contributed by atoms with van der Waals surface area (Å²) in [5.41, 5.74) is 3.90. The topological polar surface area (TPSA) is 61.7 Å². The number of piperazine rings is 1. The highest BCUT2D eigenvalue weighted by Crippen LogP contribution is 2.22. The number of hydrogen-bond acceptors (Lipinski definition) is 4. The van der Waals surface area contributed by atoms with Crippen molar-refractivity contribution < 1.29 is 9.59 Å². The van der Waals surface area contributed by atoms with Crippen molar-refractivity contribution in [3.63, 3.8) is 0 Å². The van der Waals surface area contributed by atoms with Gasteiger partial charge < -0.3 is 9.80 Å². The molecule has 33 heavy (non-hydrogen) atoms. The number of carbonyl (C=O) groups is 2. The molecule has 8 heteroatoms. The van der Waals surface area contributed by atoms with Crippen molar-refractivity contribution in [2.75, 3.05) is 45.8 Å². The first-order valence-electron chi connectivity index (χ1n) is 11.7. The summed E-state index contributed by atoms with van der Waals surface area (Å²) in [6, 6.07) is 8.28. The van der Waals surface area contributed by atoms with Gasteiger partial charge in [0.1, 0.15) is 5.15 Å². The fourth-order valence-electron chi connectivity index (χ4n) is 4.37. The predicted octanol–water partition coefficient (Wildman–Crippen LogP) is 2.98. The van der Waals surface area contributed by atoms with Crippen LogP contribution in [0.1, 0.15) is 35.2 Å². The maximum absolute atomic E-state index is 12.7. The Morgan fingerprint density at radius 2 is 1.64 bits per heavy atom. The number of hydrogen-bond donors (Lipinski definition) is 0. The SMILES string of the molecule is Cc1ccc(Cn2nc(C)c(/C=C/C(=O)N3CCN(CC(=O)N4CCCC4)CC3)c2Cl)cc1. The summed E-state index contributed by atoms with van der Waals surface area (Å²) in [6.45, 7) is 9.43. The van der Waals surface area contributed by atoms with E-state index in [1.54, 1.807) is 16.8 Å². The maximum atomic E-state index is 12.7. The molecule has 7 nitrogen and oxygen atoms in total. The molecule has 2 saturated heterocycles. The van der Waals surface area contributed by atoms with Gasteiger partial charge in [0, 0.05) is 50.9 Å². The lowest BCUT2D eigenvalue weighted by molar-refractivity contribution is -0.132. The van der Waals surface area contributed by atoms with Crippen LogP contribution in [0.4, 0.5) is 0 Å². The second-order valence-corrected chi connectivity index (χ2v) is 9.31. The molecule has 2 aromatic rings. The standard InChI is InChI=1S/C25H32ClN5O2/c1-19-5-7-21(8-6-19)17-31-25(26)22(20(2)27-31)9-10-23(32)30-15-13-28(14-16-30)18-24(33)29-11-3-4-12-29/h5-10H,3-4,11-18H2,1-2H3/b10-9+. The third-order valence-electron chi connectivity index (χ3n) is 6.46. The first-order chi connectivity index (χ1) is 15.9. The quantitative estimate of drug-likeness (QED) is 0.610. The van der Waals surface area contributed by atoms with Crippen LogP contribution in [-0.2, 0) is 16.1 Å². The summed E-state index contributed by atoms with van der Waals surface area (Å²) >= 11 is 6.58. The molecule has 0 saturated carbocycles. The van der Waals surface area contributed by atoms with Crippen LogP contribution in [0.15, 0.2) is 30.3 Å². The Morgan fingerprint density at radius 1 is 0.970 bits per heavy atom. The molecule has 3 heterocycles. The smallest absolute Gasteiger partial charge is 0.246 e. The van der Waals surface area contributed by atoms with E-state index < -0.39 is 0 Å². The number of benzene rings is 1. The van der Waals surface area contributed by atoms with E-state index in [1.165, 1.54) is 5.56 Å². The Hall–Kier alpha value is -2.64. The van der Waals surface area contributed by atoms with Gasteiger partial charge in [0.05, 0.1) is 18.8 Å². The molecule has 1 aromatic heterocycles. The van der Waals surface area contributed by atoms with E-state index >= 15 is 0 Å². The van der Waals surface area contributed by atoms with E-state index in [4.69, 9.17) is 11.6 Å². The van der Waals surface area contributed by atoms with Gasteiger partial charge in [0.25, 0.3) is 0 Å². The number of rotatable bonds is 6.